The van der Waals surface area contributed by atoms with E-state index in [1.165, 1.54) is 37.5 Å². The van der Waals surface area contributed by atoms with Gasteiger partial charge in [0.2, 0.25) is 0 Å². The number of carboxylic acid groups (broad SMARTS) is 1. The molecular formula is C16H20F2N4O3. The van der Waals surface area contributed by atoms with Gasteiger partial charge >= 0.3 is 11.9 Å². The van der Waals surface area contributed by atoms with Gasteiger partial charge in [-0.1, -0.05) is 19.9 Å². The van der Waals surface area contributed by atoms with Gasteiger partial charge in [-0.05, 0) is 19.1 Å². The van der Waals surface area contributed by atoms with Crippen molar-refractivity contribution in [2.24, 2.45) is 0 Å². The van der Waals surface area contributed by atoms with E-state index in [-0.39, 0.29) is 5.82 Å². The lowest BCUT2D eigenvalue weighted by atomic mass is 10.2. The smallest absolute Gasteiger partial charge is 0.323 e. The van der Waals surface area contributed by atoms with Crippen LogP contribution < -0.4 is 10.9 Å². The molecule has 2 rings (SSSR count). The maximum absolute atomic E-state index is 14.0. The van der Waals surface area contributed by atoms with Crippen LogP contribution in [-0.2, 0) is 17.3 Å². The predicted octanol–water partition coefficient (Wildman–Crippen LogP) is 2.26. The number of hydrogen-bond donors (Lipinski definition) is 2. The van der Waals surface area contributed by atoms with Crippen LogP contribution in [0.3, 0.4) is 0 Å². The molecule has 7 nitrogen and oxygen atoms in total. The Hall–Kier alpha value is -2.84. The summed E-state index contributed by atoms with van der Waals surface area (Å²) in [7, 11) is 0. The van der Waals surface area contributed by atoms with Crippen molar-refractivity contribution in [3.63, 3.8) is 0 Å². The number of anilines is 1. The zero-order valence-corrected chi connectivity index (χ0v) is 14.2. The van der Waals surface area contributed by atoms with Crippen molar-refractivity contribution >= 4 is 11.8 Å². The number of hydrogen-bond acceptors (Lipinski definition) is 5. The molecule has 0 spiro atoms. The summed E-state index contributed by atoms with van der Waals surface area (Å²) in [4.78, 5) is 30.2. The number of rotatable bonds is 6. The van der Waals surface area contributed by atoms with E-state index >= 15 is 0 Å². The molecule has 0 aliphatic carbocycles. The fourth-order valence-electron chi connectivity index (χ4n) is 1.89. The van der Waals surface area contributed by atoms with Crippen molar-refractivity contribution < 1.29 is 18.7 Å². The molecule has 0 atom stereocenters. The van der Waals surface area contributed by atoms with Crippen molar-refractivity contribution in [3.8, 4) is 0 Å². The minimum atomic E-state index is -3.31. The molecule has 2 aromatic rings. The fraction of sp³-hybridized carbons (Fsp3) is 0.375. The Labute approximate surface area is 143 Å². The molecule has 2 heterocycles. The van der Waals surface area contributed by atoms with Crippen molar-refractivity contribution in [2.75, 3.05) is 11.9 Å². The average Bonchev–Trinajstić information content (AvgIpc) is 2.60. The van der Waals surface area contributed by atoms with Gasteiger partial charge in [-0.25, -0.2) is 4.98 Å². The molecule has 0 amide bonds. The lowest BCUT2D eigenvalue weighted by Crippen LogP contribution is -2.33. The molecular weight excluding hydrogens is 334 g/mol. The summed E-state index contributed by atoms with van der Waals surface area (Å²) < 4.78 is 29.0. The van der Waals surface area contributed by atoms with E-state index in [0.29, 0.717) is 5.69 Å². The summed E-state index contributed by atoms with van der Waals surface area (Å²) in [5.74, 6) is -4.86. The third-order valence-electron chi connectivity index (χ3n) is 3.06. The van der Waals surface area contributed by atoms with Crippen molar-refractivity contribution in [1.82, 2.24) is 14.5 Å². The second-order valence-corrected chi connectivity index (χ2v) is 4.81. The summed E-state index contributed by atoms with van der Waals surface area (Å²) in [6.45, 7) is 4.05. The Kier molecular flexibility index (Phi) is 7.16. The fourth-order valence-corrected chi connectivity index (χ4v) is 1.89. The number of aliphatic carboxylic acids is 1. The largest absolute Gasteiger partial charge is 0.480 e. The molecule has 9 heteroatoms. The monoisotopic (exact) mass is 354 g/mol. The third kappa shape index (κ3) is 5.33. The van der Waals surface area contributed by atoms with E-state index in [4.69, 9.17) is 5.11 Å². The van der Waals surface area contributed by atoms with Crippen molar-refractivity contribution in [3.05, 3.63) is 52.3 Å². The summed E-state index contributed by atoms with van der Waals surface area (Å²) in [6.07, 6.45) is 2.48. The van der Waals surface area contributed by atoms with E-state index in [1.807, 2.05) is 13.8 Å². The topological polar surface area (TPSA) is 97.1 Å². The molecule has 25 heavy (non-hydrogen) atoms. The first-order chi connectivity index (χ1) is 11.8. The normalized spacial score (nSPS) is 10.6. The maximum atomic E-state index is 14.0. The van der Waals surface area contributed by atoms with Gasteiger partial charge in [0.15, 0.2) is 5.82 Å². The number of alkyl halides is 2. The molecule has 0 bridgehead atoms. The van der Waals surface area contributed by atoms with E-state index < -0.39 is 36.2 Å². The van der Waals surface area contributed by atoms with E-state index in [9.17, 15) is 18.4 Å². The van der Waals surface area contributed by atoms with Gasteiger partial charge in [0.25, 0.3) is 5.56 Å². The number of nitrogens with one attached hydrogen (secondary N) is 1. The minimum Gasteiger partial charge on any atom is -0.480 e. The summed E-state index contributed by atoms with van der Waals surface area (Å²) in [5, 5.41) is 11.1. The Morgan fingerprint density at radius 2 is 2.00 bits per heavy atom. The van der Waals surface area contributed by atoms with Crippen LogP contribution in [0.2, 0.25) is 0 Å². The molecule has 136 valence electrons. The first kappa shape index (κ1) is 20.2. The van der Waals surface area contributed by atoms with Gasteiger partial charge < -0.3 is 10.4 Å². The number of carbonyl (C=O) groups is 1. The summed E-state index contributed by atoms with van der Waals surface area (Å²) in [6, 6.07) is 4.12. The highest BCUT2D eigenvalue weighted by Crippen LogP contribution is 2.25. The third-order valence-corrected chi connectivity index (χ3v) is 3.06. The summed E-state index contributed by atoms with van der Waals surface area (Å²) in [5.41, 5.74) is -0.894. The van der Waals surface area contributed by atoms with Gasteiger partial charge in [0.05, 0.1) is 6.54 Å². The first-order valence-corrected chi connectivity index (χ1v) is 7.62. The number of pyridine rings is 1. The minimum absolute atomic E-state index is 0.319. The predicted molar refractivity (Wildman–Crippen MR) is 88.8 cm³/mol. The molecule has 0 saturated heterocycles. The Bertz CT molecular complexity index is 764. The quantitative estimate of drug-likeness (QED) is 0.826. The van der Waals surface area contributed by atoms with Crippen LogP contribution in [0.25, 0.3) is 0 Å². The number of nitrogens with zero attached hydrogens (tertiary/aromatic N) is 3. The Morgan fingerprint density at radius 3 is 2.56 bits per heavy atom. The molecule has 0 radical (unpaired) electrons. The van der Waals surface area contributed by atoms with Gasteiger partial charge in [-0.2, -0.15) is 8.78 Å². The molecule has 0 aliphatic heterocycles. The van der Waals surface area contributed by atoms with Crippen LogP contribution in [0.5, 0.6) is 0 Å². The number of halogens is 2. The zero-order valence-electron chi connectivity index (χ0n) is 14.2. The highest BCUT2D eigenvalue weighted by Gasteiger charge is 2.33. The summed E-state index contributed by atoms with van der Waals surface area (Å²) >= 11 is 0. The van der Waals surface area contributed by atoms with Crippen LogP contribution in [0.1, 0.15) is 25.2 Å². The van der Waals surface area contributed by atoms with Gasteiger partial charge in [-0.15, -0.1) is 0 Å². The highest BCUT2D eigenvalue weighted by atomic mass is 19.3. The van der Waals surface area contributed by atoms with Crippen LogP contribution in [0, 0.1) is 6.92 Å². The van der Waals surface area contributed by atoms with Crippen LogP contribution in [-0.4, -0.2) is 32.2 Å². The molecule has 0 aromatic carbocycles. The van der Waals surface area contributed by atoms with E-state index in [1.54, 1.807) is 0 Å². The lowest BCUT2D eigenvalue weighted by molar-refractivity contribution is -0.137. The van der Waals surface area contributed by atoms with Gasteiger partial charge in [-0.3, -0.25) is 19.1 Å². The SMILES string of the molecule is CC.Cc1cnc(NCC(F)(F)c2ccccn2)c(=O)n1CC(=O)O. The zero-order chi connectivity index (χ0) is 19.0. The van der Waals surface area contributed by atoms with Crippen molar-refractivity contribution in [2.45, 2.75) is 33.2 Å². The molecule has 0 aliphatic rings. The highest BCUT2D eigenvalue weighted by molar-refractivity contribution is 5.66. The Balaban J connectivity index is 0.00000151. The van der Waals surface area contributed by atoms with Crippen LogP contribution in [0.15, 0.2) is 35.4 Å². The number of aromatic nitrogens is 3. The molecule has 2 N–H and O–H groups in total. The molecule has 0 fully saturated rings. The molecule has 0 unspecified atom stereocenters. The van der Waals surface area contributed by atoms with Gasteiger partial charge in [0.1, 0.15) is 12.2 Å². The van der Waals surface area contributed by atoms with Gasteiger partial charge in [0, 0.05) is 18.1 Å². The van der Waals surface area contributed by atoms with E-state index in [0.717, 1.165) is 4.57 Å². The van der Waals surface area contributed by atoms with Crippen LogP contribution in [0.4, 0.5) is 14.6 Å². The van der Waals surface area contributed by atoms with Crippen LogP contribution >= 0.6 is 0 Å². The molecule has 2 aromatic heterocycles. The van der Waals surface area contributed by atoms with E-state index in [2.05, 4.69) is 15.3 Å². The van der Waals surface area contributed by atoms with Crippen molar-refractivity contribution in [1.29, 1.82) is 0 Å². The second-order valence-electron chi connectivity index (χ2n) is 4.81. The molecule has 0 saturated carbocycles. The lowest BCUT2D eigenvalue weighted by Gasteiger charge is -2.17. The maximum Gasteiger partial charge on any atom is 0.323 e. The second kappa shape index (κ2) is 8.86. The first-order valence-electron chi connectivity index (χ1n) is 7.62. The Morgan fingerprint density at radius 1 is 1.32 bits per heavy atom. The number of aryl methyl sites for hydroxylation is 1. The number of carboxylic acids is 1. The average molecular weight is 354 g/mol. The standard InChI is InChI=1S/C14H14F2N4O3.C2H6/c1-9-6-18-12(13(23)20(9)7-11(21)22)19-8-14(15,16)10-4-2-3-5-17-10;1-2/h2-6H,7-8H2,1H3,(H,18,19)(H,21,22);1-2H3.